The van der Waals surface area contributed by atoms with Crippen molar-refractivity contribution in [1.82, 2.24) is 0 Å². The highest BCUT2D eigenvalue weighted by molar-refractivity contribution is 5.89. The third-order valence-corrected chi connectivity index (χ3v) is 2.61. The average Bonchev–Trinajstić information content (AvgIpc) is 2.33. The van der Waals surface area contributed by atoms with Crippen LogP contribution in [0.25, 0.3) is 0 Å². The lowest BCUT2D eigenvalue weighted by atomic mass is 10.00. The third-order valence-electron chi connectivity index (χ3n) is 2.61. The van der Waals surface area contributed by atoms with Gasteiger partial charge in [-0.05, 0) is 25.3 Å². The van der Waals surface area contributed by atoms with E-state index in [4.69, 9.17) is 5.26 Å². The van der Waals surface area contributed by atoms with Crippen LogP contribution < -0.4 is 0 Å². The van der Waals surface area contributed by atoms with Gasteiger partial charge < -0.3 is 0 Å². The fraction of sp³-hybridized carbons (Fsp3) is 0.600. The number of carbonyl (C=O) groups is 1. The van der Waals surface area contributed by atoms with Crippen LogP contribution in [0.1, 0.15) is 51.9 Å². The van der Waals surface area contributed by atoms with Crippen LogP contribution >= 0.6 is 0 Å². The molecule has 0 aliphatic heterocycles. The predicted octanol–water partition coefficient (Wildman–Crippen LogP) is 4.19. The molecule has 0 saturated heterocycles. The van der Waals surface area contributed by atoms with Crippen LogP contribution in [0.15, 0.2) is 24.8 Å². The van der Waals surface area contributed by atoms with Crippen molar-refractivity contribution in [2.45, 2.75) is 51.9 Å². The van der Waals surface area contributed by atoms with Gasteiger partial charge >= 0.3 is 0 Å². The number of hydrogen-bond acceptors (Lipinski definition) is 2. The summed E-state index contributed by atoms with van der Waals surface area (Å²) >= 11 is 0. The Balaban J connectivity index is 3.73. The molecule has 0 aliphatic carbocycles. The van der Waals surface area contributed by atoms with Gasteiger partial charge in [-0.25, -0.2) is 0 Å². The molecule has 1 unspecified atom stereocenters. The summed E-state index contributed by atoms with van der Waals surface area (Å²) in [7, 11) is 0. The molecule has 0 amide bonds. The lowest BCUT2D eigenvalue weighted by Gasteiger charge is -2.01. The lowest BCUT2D eigenvalue weighted by molar-refractivity contribution is -0.115. The number of ketones is 1. The van der Waals surface area contributed by atoms with E-state index in [-0.39, 0.29) is 11.7 Å². The van der Waals surface area contributed by atoms with Crippen LogP contribution in [-0.2, 0) is 4.79 Å². The lowest BCUT2D eigenvalue weighted by Crippen LogP contribution is -2.03. The summed E-state index contributed by atoms with van der Waals surface area (Å²) in [5.41, 5.74) is 0. The molecule has 0 aromatic carbocycles. The third kappa shape index (κ3) is 9.56. The largest absolute Gasteiger partial charge is 0.295 e. The number of unbranched alkanes of at least 4 members (excludes halogenated alkanes) is 4. The van der Waals surface area contributed by atoms with E-state index in [0.717, 1.165) is 12.8 Å². The molecule has 0 N–H and O–H groups in total. The molecule has 0 aromatic heterocycles. The summed E-state index contributed by atoms with van der Waals surface area (Å²) in [5, 5.41) is 8.80. The van der Waals surface area contributed by atoms with Gasteiger partial charge in [-0.15, -0.1) is 6.58 Å². The summed E-state index contributed by atoms with van der Waals surface area (Å²) < 4.78 is 0. The number of hydrogen-bond donors (Lipinski definition) is 0. The van der Waals surface area contributed by atoms with Crippen LogP contribution in [0.3, 0.4) is 0 Å². The highest BCUT2D eigenvalue weighted by atomic mass is 16.1. The van der Waals surface area contributed by atoms with Crippen LogP contribution in [0, 0.1) is 17.2 Å². The maximum atomic E-state index is 11.5. The maximum absolute atomic E-state index is 11.5. The van der Waals surface area contributed by atoms with E-state index >= 15 is 0 Å². The van der Waals surface area contributed by atoms with Gasteiger partial charge in [0.25, 0.3) is 0 Å². The molecule has 0 spiro atoms. The second-order valence-electron chi connectivity index (χ2n) is 4.27. The standard InChI is InChI=1S/C15H23NO/c1-3-5-6-7-8-9-11-15(17)12-14(13-16)10-4-2/h4,9,11,14H,2-3,5-8,10,12H2,1H3/b11-9+. The zero-order valence-corrected chi connectivity index (χ0v) is 10.8. The first kappa shape index (κ1) is 15.6. The minimum absolute atomic E-state index is 0.0499. The Morgan fingerprint density at radius 3 is 2.76 bits per heavy atom. The van der Waals surface area contributed by atoms with Gasteiger partial charge in [-0.3, -0.25) is 4.79 Å². The van der Waals surface area contributed by atoms with Crippen molar-refractivity contribution in [3.8, 4) is 6.07 Å². The number of carbonyl (C=O) groups excluding carboxylic acids is 1. The van der Waals surface area contributed by atoms with Gasteiger partial charge in [0.2, 0.25) is 0 Å². The van der Waals surface area contributed by atoms with Gasteiger partial charge in [0, 0.05) is 6.42 Å². The van der Waals surface area contributed by atoms with E-state index in [1.807, 2.05) is 6.08 Å². The molecule has 0 bridgehead atoms. The Hall–Kier alpha value is -1.36. The number of allylic oxidation sites excluding steroid dienone is 3. The number of nitriles is 1. The minimum atomic E-state index is -0.218. The van der Waals surface area contributed by atoms with Gasteiger partial charge in [0.05, 0.1) is 12.0 Å². The van der Waals surface area contributed by atoms with E-state index in [1.54, 1.807) is 12.2 Å². The molecule has 0 heterocycles. The SMILES string of the molecule is C=CCC(C#N)CC(=O)/C=C/CCCCCC. The van der Waals surface area contributed by atoms with Crippen molar-refractivity contribution in [2.24, 2.45) is 5.92 Å². The highest BCUT2D eigenvalue weighted by Gasteiger charge is 2.08. The molecular weight excluding hydrogens is 210 g/mol. The monoisotopic (exact) mass is 233 g/mol. The summed E-state index contributed by atoms with van der Waals surface area (Å²) in [6.45, 7) is 5.76. The van der Waals surface area contributed by atoms with Gasteiger partial charge in [0.1, 0.15) is 0 Å². The second kappa shape index (κ2) is 11.1. The topological polar surface area (TPSA) is 40.9 Å². The molecule has 17 heavy (non-hydrogen) atoms. The Morgan fingerprint density at radius 1 is 1.41 bits per heavy atom. The summed E-state index contributed by atoms with van der Waals surface area (Å²) in [4.78, 5) is 11.5. The minimum Gasteiger partial charge on any atom is -0.295 e. The molecule has 2 nitrogen and oxygen atoms in total. The summed E-state index contributed by atoms with van der Waals surface area (Å²) in [5.74, 6) is -0.168. The molecule has 2 heteroatoms. The first-order chi connectivity index (χ1) is 8.24. The quantitative estimate of drug-likeness (QED) is 0.322. The smallest absolute Gasteiger partial charge is 0.156 e. The van der Waals surface area contributed by atoms with Crippen molar-refractivity contribution in [1.29, 1.82) is 5.26 Å². The summed E-state index contributed by atoms with van der Waals surface area (Å²) in [6.07, 6.45) is 12.0. The van der Waals surface area contributed by atoms with E-state index in [1.165, 1.54) is 19.3 Å². The van der Waals surface area contributed by atoms with E-state index in [0.29, 0.717) is 12.8 Å². The van der Waals surface area contributed by atoms with Crippen LogP contribution in [0.5, 0.6) is 0 Å². The second-order valence-corrected chi connectivity index (χ2v) is 4.27. The van der Waals surface area contributed by atoms with Crippen molar-refractivity contribution < 1.29 is 4.79 Å². The number of rotatable bonds is 10. The molecule has 0 radical (unpaired) electrons. The predicted molar refractivity (Wildman–Crippen MR) is 71.4 cm³/mol. The zero-order valence-electron chi connectivity index (χ0n) is 10.8. The first-order valence-electron chi connectivity index (χ1n) is 6.44. The van der Waals surface area contributed by atoms with E-state index in [9.17, 15) is 4.79 Å². The van der Waals surface area contributed by atoms with Gasteiger partial charge in [-0.2, -0.15) is 5.26 Å². The van der Waals surface area contributed by atoms with Crippen molar-refractivity contribution in [2.75, 3.05) is 0 Å². The number of nitrogens with zero attached hydrogens (tertiary/aromatic N) is 1. The Bertz CT molecular complexity index is 286. The Labute approximate surface area is 105 Å². The molecule has 0 fully saturated rings. The molecule has 0 aliphatic rings. The molecule has 94 valence electrons. The van der Waals surface area contributed by atoms with Crippen molar-refractivity contribution >= 4 is 5.78 Å². The fourth-order valence-electron chi connectivity index (χ4n) is 1.60. The van der Waals surface area contributed by atoms with Crippen LogP contribution in [0.2, 0.25) is 0 Å². The van der Waals surface area contributed by atoms with Crippen molar-refractivity contribution in [3.63, 3.8) is 0 Å². The molecule has 0 rings (SSSR count). The average molecular weight is 233 g/mol. The van der Waals surface area contributed by atoms with Crippen LogP contribution in [0.4, 0.5) is 0 Å². The molecule has 1 atom stereocenters. The van der Waals surface area contributed by atoms with E-state index in [2.05, 4.69) is 19.6 Å². The Morgan fingerprint density at radius 2 is 2.18 bits per heavy atom. The maximum Gasteiger partial charge on any atom is 0.156 e. The zero-order chi connectivity index (χ0) is 12.9. The first-order valence-corrected chi connectivity index (χ1v) is 6.44. The molecule has 0 aromatic rings. The normalized spacial score (nSPS) is 12.2. The van der Waals surface area contributed by atoms with E-state index < -0.39 is 0 Å². The molecular formula is C15H23NO. The highest BCUT2D eigenvalue weighted by Crippen LogP contribution is 2.09. The van der Waals surface area contributed by atoms with Crippen LogP contribution in [-0.4, -0.2) is 5.78 Å². The van der Waals surface area contributed by atoms with Crippen molar-refractivity contribution in [3.05, 3.63) is 24.8 Å². The summed E-state index contributed by atoms with van der Waals surface area (Å²) in [6, 6.07) is 2.13. The fourth-order valence-corrected chi connectivity index (χ4v) is 1.60. The molecule has 0 saturated carbocycles. The Kier molecular flexibility index (Phi) is 10.2. The van der Waals surface area contributed by atoms with Gasteiger partial charge in [0.15, 0.2) is 5.78 Å². The van der Waals surface area contributed by atoms with Gasteiger partial charge in [-0.1, -0.05) is 38.3 Å².